The van der Waals surface area contributed by atoms with E-state index in [2.05, 4.69) is 36.3 Å². The van der Waals surface area contributed by atoms with Gasteiger partial charge in [0.2, 0.25) is 5.88 Å². The molecule has 21 heavy (non-hydrogen) atoms. The average molecular weight is 293 g/mol. The molecule has 1 N–H and O–H groups in total. The Hall–Kier alpha value is -1.16. The van der Waals surface area contributed by atoms with Gasteiger partial charge in [-0.25, -0.2) is 0 Å². The lowest BCUT2D eigenvalue weighted by atomic mass is 9.90. The van der Waals surface area contributed by atoms with Crippen molar-refractivity contribution in [1.82, 2.24) is 15.5 Å². The van der Waals surface area contributed by atoms with Gasteiger partial charge in [-0.3, -0.25) is 0 Å². The summed E-state index contributed by atoms with van der Waals surface area (Å²) in [6, 6.07) is 4.23. The maximum Gasteiger partial charge on any atom is 0.233 e. The maximum absolute atomic E-state index is 5.09. The SMILES string of the molecule is CCCCC(CC)CC(NCCC)c1ccc(OC)nn1. The number of nitrogens with one attached hydrogen (secondary N) is 1. The normalized spacial score (nSPS) is 13.9. The van der Waals surface area contributed by atoms with Crippen LogP contribution in [-0.2, 0) is 0 Å². The molecule has 0 aliphatic carbocycles. The molecule has 0 saturated carbocycles. The Morgan fingerprint density at radius 3 is 2.48 bits per heavy atom. The second kappa shape index (κ2) is 10.6. The number of hydrogen-bond acceptors (Lipinski definition) is 4. The molecular formula is C17H31N3O. The third kappa shape index (κ3) is 6.42. The van der Waals surface area contributed by atoms with Crippen molar-refractivity contribution in [2.45, 2.75) is 65.3 Å². The molecule has 0 amide bonds. The zero-order chi connectivity index (χ0) is 15.5. The van der Waals surface area contributed by atoms with Gasteiger partial charge in [-0.1, -0.05) is 46.5 Å². The summed E-state index contributed by atoms with van der Waals surface area (Å²) in [7, 11) is 1.62. The molecule has 0 fully saturated rings. The number of hydrogen-bond donors (Lipinski definition) is 1. The van der Waals surface area contributed by atoms with E-state index < -0.39 is 0 Å². The number of nitrogens with zero attached hydrogens (tertiary/aromatic N) is 2. The molecule has 0 bridgehead atoms. The lowest BCUT2D eigenvalue weighted by Gasteiger charge is -2.23. The van der Waals surface area contributed by atoms with Crippen LogP contribution in [0.3, 0.4) is 0 Å². The Morgan fingerprint density at radius 2 is 1.95 bits per heavy atom. The summed E-state index contributed by atoms with van der Waals surface area (Å²) >= 11 is 0. The molecule has 0 spiro atoms. The van der Waals surface area contributed by atoms with E-state index in [0.29, 0.717) is 11.9 Å². The first-order valence-corrected chi connectivity index (χ1v) is 8.36. The van der Waals surface area contributed by atoms with E-state index in [9.17, 15) is 0 Å². The summed E-state index contributed by atoms with van der Waals surface area (Å²) in [5, 5.41) is 12.1. The van der Waals surface area contributed by atoms with Crippen LogP contribution in [0, 0.1) is 5.92 Å². The highest BCUT2D eigenvalue weighted by Gasteiger charge is 2.18. The molecule has 4 nitrogen and oxygen atoms in total. The Balaban J connectivity index is 2.72. The van der Waals surface area contributed by atoms with Crippen LogP contribution in [0.1, 0.15) is 71.0 Å². The topological polar surface area (TPSA) is 47.0 Å². The smallest absolute Gasteiger partial charge is 0.233 e. The van der Waals surface area contributed by atoms with Crippen LogP contribution < -0.4 is 10.1 Å². The highest BCUT2D eigenvalue weighted by Crippen LogP contribution is 2.26. The molecule has 1 heterocycles. The van der Waals surface area contributed by atoms with Gasteiger partial charge in [-0.15, -0.1) is 5.10 Å². The van der Waals surface area contributed by atoms with E-state index in [1.54, 1.807) is 7.11 Å². The van der Waals surface area contributed by atoms with Crippen LogP contribution in [0.4, 0.5) is 0 Å². The van der Waals surface area contributed by atoms with E-state index in [0.717, 1.165) is 31.0 Å². The molecular weight excluding hydrogens is 262 g/mol. The van der Waals surface area contributed by atoms with Crippen molar-refractivity contribution in [3.63, 3.8) is 0 Å². The van der Waals surface area contributed by atoms with Crippen LogP contribution in [0.15, 0.2) is 12.1 Å². The quantitative estimate of drug-likeness (QED) is 0.666. The van der Waals surface area contributed by atoms with Gasteiger partial charge >= 0.3 is 0 Å². The second-order valence-corrected chi connectivity index (χ2v) is 5.66. The van der Waals surface area contributed by atoms with Gasteiger partial charge in [0, 0.05) is 6.07 Å². The molecule has 2 unspecified atom stereocenters. The van der Waals surface area contributed by atoms with E-state index in [1.807, 2.05) is 12.1 Å². The predicted octanol–water partition coefficient (Wildman–Crippen LogP) is 4.13. The van der Waals surface area contributed by atoms with Crippen molar-refractivity contribution >= 4 is 0 Å². The van der Waals surface area contributed by atoms with Gasteiger partial charge in [0.25, 0.3) is 0 Å². The summed E-state index contributed by atoms with van der Waals surface area (Å²) < 4.78 is 5.09. The monoisotopic (exact) mass is 293 g/mol. The van der Waals surface area contributed by atoms with Crippen LogP contribution >= 0.6 is 0 Å². The van der Waals surface area contributed by atoms with Crippen molar-refractivity contribution in [2.75, 3.05) is 13.7 Å². The van der Waals surface area contributed by atoms with Crippen molar-refractivity contribution in [3.8, 4) is 5.88 Å². The second-order valence-electron chi connectivity index (χ2n) is 5.66. The molecule has 1 rings (SSSR count). The fourth-order valence-corrected chi connectivity index (χ4v) is 2.57. The molecule has 0 saturated heterocycles. The van der Waals surface area contributed by atoms with E-state index in [4.69, 9.17) is 4.74 Å². The third-order valence-electron chi connectivity index (χ3n) is 3.98. The molecule has 120 valence electrons. The van der Waals surface area contributed by atoms with Gasteiger partial charge in [0.1, 0.15) is 0 Å². The van der Waals surface area contributed by atoms with Crippen molar-refractivity contribution in [1.29, 1.82) is 0 Å². The van der Waals surface area contributed by atoms with Crippen LogP contribution in [-0.4, -0.2) is 23.9 Å². The maximum atomic E-state index is 5.09. The van der Waals surface area contributed by atoms with Gasteiger partial charge in [0.05, 0.1) is 18.8 Å². The van der Waals surface area contributed by atoms with Gasteiger partial charge in [-0.05, 0) is 31.4 Å². The summed E-state index contributed by atoms with van der Waals surface area (Å²) in [5.41, 5.74) is 1.03. The van der Waals surface area contributed by atoms with Crippen molar-refractivity contribution in [2.24, 2.45) is 5.92 Å². The summed E-state index contributed by atoms with van der Waals surface area (Å²) in [6.07, 6.45) is 7.39. The Morgan fingerprint density at radius 1 is 1.14 bits per heavy atom. The highest BCUT2D eigenvalue weighted by molar-refractivity contribution is 5.14. The lowest BCUT2D eigenvalue weighted by Crippen LogP contribution is -2.25. The third-order valence-corrected chi connectivity index (χ3v) is 3.98. The van der Waals surface area contributed by atoms with E-state index >= 15 is 0 Å². The summed E-state index contributed by atoms with van der Waals surface area (Å²) in [4.78, 5) is 0. The Kier molecular flexibility index (Phi) is 8.99. The standard InChI is InChI=1S/C17H31N3O/c1-5-8-9-14(7-3)13-16(18-12-6-2)15-10-11-17(21-4)20-19-15/h10-11,14,16,18H,5-9,12-13H2,1-4H3. The fraction of sp³-hybridized carbons (Fsp3) is 0.765. The van der Waals surface area contributed by atoms with Gasteiger partial charge in [-0.2, -0.15) is 5.10 Å². The zero-order valence-corrected chi connectivity index (χ0v) is 14.1. The zero-order valence-electron chi connectivity index (χ0n) is 14.1. The largest absolute Gasteiger partial charge is 0.480 e. The molecule has 1 aromatic heterocycles. The molecule has 0 aromatic carbocycles. The molecule has 0 aliphatic rings. The van der Waals surface area contributed by atoms with E-state index in [1.165, 1.54) is 25.7 Å². The first kappa shape index (κ1) is 17.9. The Labute approximate surface area is 129 Å². The minimum Gasteiger partial charge on any atom is -0.480 e. The first-order chi connectivity index (χ1) is 10.2. The van der Waals surface area contributed by atoms with Gasteiger partial charge in [0.15, 0.2) is 0 Å². The van der Waals surface area contributed by atoms with E-state index in [-0.39, 0.29) is 0 Å². The highest BCUT2D eigenvalue weighted by atomic mass is 16.5. The first-order valence-electron chi connectivity index (χ1n) is 8.36. The number of aromatic nitrogens is 2. The number of rotatable bonds is 11. The number of ether oxygens (including phenoxy) is 1. The molecule has 0 radical (unpaired) electrons. The molecule has 1 aromatic rings. The van der Waals surface area contributed by atoms with Crippen molar-refractivity contribution < 1.29 is 4.74 Å². The molecule has 0 aliphatic heterocycles. The van der Waals surface area contributed by atoms with Crippen LogP contribution in [0.5, 0.6) is 5.88 Å². The predicted molar refractivity (Wildman–Crippen MR) is 87.5 cm³/mol. The van der Waals surface area contributed by atoms with Crippen molar-refractivity contribution in [3.05, 3.63) is 17.8 Å². The number of unbranched alkanes of at least 4 members (excludes halogenated alkanes) is 1. The Bertz CT molecular complexity index is 367. The van der Waals surface area contributed by atoms with Crippen LogP contribution in [0.25, 0.3) is 0 Å². The fourth-order valence-electron chi connectivity index (χ4n) is 2.57. The number of methoxy groups -OCH3 is 1. The minimum atomic E-state index is 0.296. The molecule has 4 heteroatoms. The lowest BCUT2D eigenvalue weighted by molar-refractivity contribution is 0.345. The average Bonchev–Trinajstić information content (AvgIpc) is 2.54. The van der Waals surface area contributed by atoms with Crippen LogP contribution in [0.2, 0.25) is 0 Å². The summed E-state index contributed by atoms with van der Waals surface area (Å²) in [5.74, 6) is 1.33. The minimum absolute atomic E-state index is 0.296. The van der Waals surface area contributed by atoms with Gasteiger partial charge < -0.3 is 10.1 Å². The molecule has 2 atom stereocenters. The summed E-state index contributed by atoms with van der Waals surface area (Å²) in [6.45, 7) is 7.76.